The smallest absolute Gasteiger partial charge is 0.292 e. The summed E-state index contributed by atoms with van der Waals surface area (Å²) in [5.41, 5.74) is 0.846. The number of thiazole rings is 1. The van der Waals surface area contributed by atoms with E-state index >= 15 is 0 Å². The predicted octanol–water partition coefficient (Wildman–Crippen LogP) is 3.27. The summed E-state index contributed by atoms with van der Waals surface area (Å²) in [4.78, 5) is 17.6. The van der Waals surface area contributed by atoms with Gasteiger partial charge in [0.15, 0.2) is 16.3 Å². The Morgan fingerprint density at radius 3 is 2.93 bits per heavy atom. The summed E-state index contributed by atoms with van der Waals surface area (Å²) in [5, 5.41) is 0.611. The molecule has 27 heavy (non-hydrogen) atoms. The second-order valence-corrected chi connectivity index (χ2v) is 7.35. The molecular weight excluding hydrogens is 388 g/mol. The quantitative estimate of drug-likeness (QED) is 0.669. The third kappa shape index (κ3) is 3.58. The molecule has 140 valence electrons. The van der Waals surface area contributed by atoms with Crippen molar-refractivity contribution >= 4 is 39.1 Å². The SMILES string of the molecule is COCCn1c(=NC(=O)[C@@H]2COc3ccccc3O2)sc2cccc(Cl)c21. The first-order valence-corrected chi connectivity index (χ1v) is 9.60. The minimum Gasteiger partial charge on any atom is -0.485 e. The van der Waals surface area contributed by atoms with Gasteiger partial charge in [0.2, 0.25) is 6.10 Å². The Balaban J connectivity index is 1.70. The second kappa shape index (κ2) is 7.72. The van der Waals surface area contributed by atoms with Crippen molar-refractivity contribution in [2.75, 3.05) is 20.3 Å². The van der Waals surface area contributed by atoms with Gasteiger partial charge < -0.3 is 18.8 Å². The summed E-state index contributed by atoms with van der Waals surface area (Å²) in [6.07, 6.45) is -0.781. The van der Waals surface area contributed by atoms with Crippen molar-refractivity contribution in [2.45, 2.75) is 12.6 Å². The van der Waals surface area contributed by atoms with E-state index in [0.29, 0.717) is 34.5 Å². The van der Waals surface area contributed by atoms with Crippen LogP contribution in [0, 0.1) is 0 Å². The number of amides is 1. The van der Waals surface area contributed by atoms with Gasteiger partial charge >= 0.3 is 0 Å². The third-order valence-corrected chi connectivity index (χ3v) is 5.51. The van der Waals surface area contributed by atoms with Crippen LogP contribution in [0.4, 0.5) is 0 Å². The molecule has 2 heterocycles. The fourth-order valence-electron chi connectivity index (χ4n) is 2.87. The summed E-state index contributed by atoms with van der Waals surface area (Å²) in [5.74, 6) is 0.785. The van der Waals surface area contributed by atoms with E-state index in [2.05, 4.69) is 4.99 Å². The number of rotatable bonds is 4. The number of nitrogens with zero attached hydrogens (tertiary/aromatic N) is 2. The lowest BCUT2D eigenvalue weighted by Gasteiger charge is -2.23. The van der Waals surface area contributed by atoms with Crippen LogP contribution in [-0.2, 0) is 16.1 Å². The van der Waals surface area contributed by atoms with Crippen molar-refractivity contribution in [1.29, 1.82) is 0 Å². The molecule has 1 amide bonds. The van der Waals surface area contributed by atoms with Crippen molar-refractivity contribution in [2.24, 2.45) is 4.99 Å². The monoisotopic (exact) mass is 404 g/mol. The molecule has 1 atom stereocenters. The van der Waals surface area contributed by atoms with E-state index in [0.717, 1.165) is 10.2 Å². The minimum atomic E-state index is -0.781. The molecule has 0 N–H and O–H groups in total. The number of hydrogen-bond donors (Lipinski definition) is 0. The van der Waals surface area contributed by atoms with E-state index in [4.69, 9.17) is 25.8 Å². The summed E-state index contributed by atoms with van der Waals surface area (Å²) in [6.45, 7) is 1.15. The Kier molecular flexibility index (Phi) is 5.15. The molecule has 0 unspecified atom stereocenters. The highest BCUT2D eigenvalue weighted by Crippen LogP contribution is 2.31. The molecule has 1 aliphatic heterocycles. The van der Waals surface area contributed by atoms with Crippen molar-refractivity contribution < 1.29 is 19.0 Å². The highest BCUT2D eigenvalue weighted by Gasteiger charge is 2.27. The first kappa shape index (κ1) is 18.0. The Morgan fingerprint density at radius 1 is 1.30 bits per heavy atom. The van der Waals surface area contributed by atoms with Gasteiger partial charge in [-0.3, -0.25) is 4.79 Å². The number of carbonyl (C=O) groups excluding carboxylic acids is 1. The van der Waals surface area contributed by atoms with E-state index in [1.807, 2.05) is 34.9 Å². The van der Waals surface area contributed by atoms with Gasteiger partial charge in [-0.2, -0.15) is 4.99 Å². The zero-order chi connectivity index (χ0) is 18.8. The molecule has 1 aliphatic rings. The van der Waals surface area contributed by atoms with Crippen LogP contribution in [0.5, 0.6) is 11.5 Å². The first-order valence-electron chi connectivity index (χ1n) is 8.41. The first-order chi connectivity index (χ1) is 13.2. The Bertz CT molecular complexity index is 1060. The Labute approximate surface area is 164 Å². The number of ether oxygens (including phenoxy) is 3. The predicted molar refractivity (Wildman–Crippen MR) is 104 cm³/mol. The molecule has 1 aromatic heterocycles. The molecule has 0 spiro atoms. The molecule has 2 aromatic carbocycles. The Hall–Kier alpha value is -2.35. The summed E-state index contributed by atoms with van der Waals surface area (Å²) < 4.78 is 19.4. The molecule has 0 aliphatic carbocycles. The van der Waals surface area contributed by atoms with Crippen molar-refractivity contribution in [3.8, 4) is 11.5 Å². The molecule has 0 fully saturated rings. The molecule has 8 heteroatoms. The lowest BCUT2D eigenvalue weighted by Crippen LogP contribution is -2.37. The maximum atomic E-state index is 12.7. The number of halogens is 1. The summed E-state index contributed by atoms with van der Waals surface area (Å²) >= 11 is 7.78. The van der Waals surface area contributed by atoms with Crippen LogP contribution in [0.25, 0.3) is 10.2 Å². The molecule has 4 rings (SSSR count). The summed E-state index contributed by atoms with van der Waals surface area (Å²) in [6, 6.07) is 12.9. The van der Waals surface area contributed by atoms with Gasteiger partial charge in [-0.05, 0) is 24.3 Å². The van der Waals surface area contributed by atoms with E-state index in [1.165, 1.54) is 11.3 Å². The van der Waals surface area contributed by atoms with Crippen molar-refractivity contribution in [3.05, 3.63) is 52.3 Å². The number of methoxy groups -OCH3 is 1. The van der Waals surface area contributed by atoms with Crippen LogP contribution >= 0.6 is 22.9 Å². The number of benzene rings is 2. The molecule has 0 saturated heterocycles. The fraction of sp³-hybridized carbons (Fsp3) is 0.263. The van der Waals surface area contributed by atoms with Gasteiger partial charge in [-0.1, -0.05) is 41.1 Å². The van der Waals surface area contributed by atoms with Crippen molar-refractivity contribution in [3.63, 3.8) is 0 Å². The lowest BCUT2D eigenvalue weighted by molar-refractivity contribution is -0.127. The zero-order valence-corrected chi connectivity index (χ0v) is 16.1. The number of carbonyl (C=O) groups is 1. The van der Waals surface area contributed by atoms with E-state index in [-0.39, 0.29) is 6.61 Å². The summed E-state index contributed by atoms with van der Waals surface area (Å²) in [7, 11) is 1.63. The van der Waals surface area contributed by atoms with E-state index in [9.17, 15) is 4.79 Å². The van der Waals surface area contributed by atoms with Gasteiger partial charge in [0.05, 0.1) is 21.8 Å². The van der Waals surface area contributed by atoms with Crippen LogP contribution in [0.15, 0.2) is 47.5 Å². The average Bonchev–Trinajstić information content (AvgIpc) is 3.04. The fourth-order valence-corrected chi connectivity index (χ4v) is 4.29. The average molecular weight is 405 g/mol. The van der Waals surface area contributed by atoms with Gasteiger partial charge in [0.25, 0.3) is 5.91 Å². The lowest BCUT2D eigenvalue weighted by atomic mass is 10.2. The minimum absolute atomic E-state index is 0.128. The van der Waals surface area contributed by atoms with Gasteiger partial charge in [0, 0.05) is 13.7 Å². The van der Waals surface area contributed by atoms with Gasteiger partial charge in [0.1, 0.15) is 6.61 Å². The van der Waals surface area contributed by atoms with Crippen LogP contribution < -0.4 is 14.3 Å². The third-order valence-electron chi connectivity index (χ3n) is 4.16. The van der Waals surface area contributed by atoms with Gasteiger partial charge in [-0.25, -0.2) is 0 Å². The molecule has 0 bridgehead atoms. The van der Waals surface area contributed by atoms with Crippen molar-refractivity contribution in [1.82, 2.24) is 4.57 Å². The van der Waals surface area contributed by atoms with E-state index < -0.39 is 12.0 Å². The number of para-hydroxylation sites is 3. The van der Waals surface area contributed by atoms with Crippen LogP contribution in [0.2, 0.25) is 5.02 Å². The zero-order valence-electron chi connectivity index (χ0n) is 14.6. The normalized spacial score (nSPS) is 16.7. The number of hydrogen-bond acceptors (Lipinski definition) is 5. The maximum absolute atomic E-state index is 12.7. The molecule has 0 saturated carbocycles. The molecular formula is C19H17ClN2O4S. The number of aromatic nitrogens is 1. The highest BCUT2D eigenvalue weighted by atomic mass is 35.5. The van der Waals surface area contributed by atoms with Gasteiger partial charge in [-0.15, -0.1) is 0 Å². The molecule has 0 radical (unpaired) electrons. The topological polar surface area (TPSA) is 62.1 Å². The molecule has 3 aromatic rings. The number of fused-ring (bicyclic) bond motifs is 2. The van der Waals surface area contributed by atoms with Crippen LogP contribution in [-0.4, -0.2) is 36.9 Å². The van der Waals surface area contributed by atoms with Crippen LogP contribution in [0.1, 0.15) is 0 Å². The van der Waals surface area contributed by atoms with Crippen LogP contribution in [0.3, 0.4) is 0 Å². The highest BCUT2D eigenvalue weighted by molar-refractivity contribution is 7.16. The standard InChI is InChI=1S/C19H17ClN2O4S/c1-24-10-9-22-17-12(20)5-4-8-16(17)27-19(22)21-18(23)15-11-25-13-6-2-3-7-14(13)26-15/h2-8,15H,9-11H2,1H3/t15-/m0/s1. The maximum Gasteiger partial charge on any atom is 0.292 e. The Morgan fingerprint density at radius 2 is 2.11 bits per heavy atom. The second-order valence-electron chi connectivity index (χ2n) is 5.93. The van der Waals surface area contributed by atoms with E-state index in [1.54, 1.807) is 19.2 Å². The molecule has 6 nitrogen and oxygen atoms in total. The largest absolute Gasteiger partial charge is 0.485 e.